The van der Waals surface area contributed by atoms with Gasteiger partial charge in [-0.25, -0.2) is 0 Å². The highest BCUT2D eigenvalue weighted by Gasteiger charge is 2.45. The van der Waals surface area contributed by atoms with E-state index in [9.17, 15) is 13.0 Å². The van der Waals surface area contributed by atoms with Gasteiger partial charge in [-0.15, -0.1) is 0 Å². The topological polar surface area (TPSA) is 60.6 Å². The number of hydrogen-bond acceptors (Lipinski definition) is 3. The van der Waals surface area contributed by atoms with Gasteiger partial charge in [-0.1, -0.05) is 238 Å². The molecule has 2 aliphatic rings. The summed E-state index contributed by atoms with van der Waals surface area (Å²) < 4.78 is 37.1. The Bertz CT molecular complexity index is 1900. The van der Waals surface area contributed by atoms with Crippen LogP contribution in [0.4, 0.5) is 11.4 Å². The highest BCUT2D eigenvalue weighted by atomic mass is 32.2. The van der Waals surface area contributed by atoms with Gasteiger partial charge in [-0.2, -0.15) is 13.0 Å². The highest BCUT2D eigenvalue weighted by Crippen LogP contribution is 2.48. The van der Waals surface area contributed by atoms with Crippen LogP contribution in [0.15, 0.2) is 65.2 Å². The molecule has 0 unspecified atom stereocenters. The molecule has 66 heavy (non-hydrogen) atoms. The minimum absolute atomic E-state index is 0.0329. The first-order valence-electron chi connectivity index (χ1n) is 27.9. The molecule has 5 nitrogen and oxygen atoms in total. The first-order chi connectivity index (χ1) is 31.8. The van der Waals surface area contributed by atoms with Gasteiger partial charge in [0.1, 0.15) is 6.54 Å². The van der Waals surface area contributed by atoms with Gasteiger partial charge in [-0.05, 0) is 63.5 Å². The van der Waals surface area contributed by atoms with E-state index in [1.165, 1.54) is 227 Å². The maximum Gasteiger partial charge on any atom is 0.294 e. The largest absolute Gasteiger partial charge is 0.344 e. The molecule has 6 heteroatoms. The molecule has 4 rings (SSSR count). The zero-order valence-electron chi connectivity index (χ0n) is 43.8. The van der Waals surface area contributed by atoms with Gasteiger partial charge < -0.3 is 4.90 Å². The lowest BCUT2D eigenvalue weighted by atomic mass is 9.81. The predicted octanol–water partition coefficient (Wildman–Crippen LogP) is 18.4. The summed E-state index contributed by atoms with van der Waals surface area (Å²) in [6.07, 6.45) is 50.4. The van der Waals surface area contributed by atoms with Crippen molar-refractivity contribution < 1.29 is 17.5 Å². The number of aryl methyl sites for hydroxylation is 1. The SMILES string of the molecule is CCCCCCCCCCCCCCCCCCN1C(=CC=CC2=[N+](CCCCCCCCCCCCCCCCCC)c3ccc(S(=O)(=O)O)cc3C2(C)C)C(C)(C)c2cc(C)ccc21. The lowest BCUT2D eigenvalue weighted by molar-refractivity contribution is -0.438. The van der Waals surface area contributed by atoms with Crippen molar-refractivity contribution >= 4 is 27.2 Å². The van der Waals surface area contributed by atoms with Crippen LogP contribution in [-0.2, 0) is 20.9 Å². The summed E-state index contributed by atoms with van der Waals surface area (Å²) >= 11 is 0. The highest BCUT2D eigenvalue weighted by molar-refractivity contribution is 7.85. The molecule has 0 aromatic heterocycles. The van der Waals surface area contributed by atoms with Gasteiger partial charge in [0.15, 0.2) is 5.71 Å². The number of benzene rings is 2. The number of nitrogens with zero attached hydrogens (tertiary/aromatic N) is 2. The number of allylic oxidation sites excluding steroid dienone is 4. The van der Waals surface area contributed by atoms with Crippen LogP contribution >= 0.6 is 0 Å². The molecule has 0 bridgehead atoms. The fourth-order valence-corrected chi connectivity index (χ4v) is 11.5. The standard InChI is InChI=1S/C60H98N2O3S/c1-8-10-12-14-16-18-20-22-24-26-28-30-32-34-36-38-47-61-55-45-43-51(3)49-53(55)59(4,5)57(61)41-40-42-58-60(6,7)54-50-52(66(63,64)65)44-46-56(54)62(58)48-39-37-35-33-31-29-27-25-23-21-19-17-15-13-11-9-2/h40-46,49-50H,8-39,47-48H2,1-7H3/p+1. The van der Waals surface area contributed by atoms with Gasteiger partial charge in [0, 0.05) is 47.5 Å². The number of unbranched alkanes of at least 4 members (excludes halogenated alkanes) is 30. The molecule has 0 aliphatic carbocycles. The van der Waals surface area contributed by atoms with Gasteiger partial charge in [0.2, 0.25) is 5.69 Å². The van der Waals surface area contributed by atoms with E-state index < -0.39 is 15.5 Å². The van der Waals surface area contributed by atoms with Crippen molar-refractivity contribution in [1.29, 1.82) is 0 Å². The summed E-state index contributed by atoms with van der Waals surface area (Å²) in [6.45, 7) is 17.8. The fraction of sp³-hybridized carbons (Fsp3) is 0.717. The number of fused-ring (bicyclic) bond motifs is 2. The van der Waals surface area contributed by atoms with Crippen LogP contribution in [0.5, 0.6) is 0 Å². The van der Waals surface area contributed by atoms with Crippen molar-refractivity contribution in [2.75, 3.05) is 18.0 Å². The Morgan fingerprint density at radius 1 is 0.545 bits per heavy atom. The maximum absolute atomic E-state index is 12.3. The molecular weight excluding hydrogens is 829 g/mol. The molecule has 0 fully saturated rings. The van der Waals surface area contributed by atoms with Gasteiger partial charge >= 0.3 is 0 Å². The van der Waals surface area contributed by atoms with Crippen LogP contribution in [0.3, 0.4) is 0 Å². The van der Waals surface area contributed by atoms with Crippen molar-refractivity contribution in [1.82, 2.24) is 0 Å². The second kappa shape index (κ2) is 30.0. The summed E-state index contributed by atoms with van der Waals surface area (Å²) in [6, 6.07) is 12.2. The number of hydrogen-bond donors (Lipinski definition) is 1. The summed E-state index contributed by atoms with van der Waals surface area (Å²) in [5.74, 6) is 0. The number of anilines is 1. The van der Waals surface area contributed by atoms with E-state index in [2.05, 4.69) is 94.4 Å². The van der Waals surface area contributed by atoms with Crippen LogP contribution in [0.25, 0.3) is 0 Å². The Morgan fingerprint density at radius 2 is 0.985 bits per heavy atom. The summed E-state index contributed by atoms with van der Waals surface area (Å²) in [7, 11) is -4.32. The quantitative estimate of drug-likeness (QED) is 0.0417. The van der Waals surface area contributed by atoms with E-state index in [0.717, 1.165) is 30.8 Å². The molecule has 372 valence electrons. The minimum atomic E-state index is -4.32. The zero-order valence-corrected chi connectivity index (χ0v) is 44.6. The molecule has 2 heterocycles. The molecule has 2 aliphatic heterocycles. The van der Waals surface area contributed by atoms with E-state index in [1.807, 2.05) is 6.07 Å². The third kappa shape index (κ3) is 18.0. The van der Waals surface area contributed by atoms with Crippen LogP contribution < -0.4 is 4.90 Å². The Morgan fingerprint density at radius 3 is 1.44 bits per heavy atom. The first kappa shape index (κ1) is 55.9. The Labute approximate surface area is 407 Å². The van der Waals surface area contributed by atoms with Crippen molar-refractivity contribution in [2.24, 2.45) is 0 Å². The molecule has 0 saturated carbocycles. The molecule has 0 spiro atoms. The molecule has 1 N–H and O–H groups in total. The zero-order chi connectivity index (χ0) is 47.7. The fourth-order valence-electron chi connectivity index (χ4n) is 11.0. The average molecular weight is 929 g/mol. The Balaban J connectivity index is 1.33. The maximum atomic E-state index is 12.3. The molecular formula is C60H99N2O3S+. The molecule has 2 aromatic rings. The van der Waals surface area contributed by atoms with E-state index in [4.69, 9.17) is 0 Å². The van der Waals surface area contributed by atoms with E-state index in [0.29, 0.717) is 0 Å². The smallest absolute Gasteiger partial charge is 0.294 e. The normalized spacial score (nSPS) is 16.1. The predicted molar refractivity (Wildman–Crippen MR) is 287 cm³/mol. The summed E-state index contributed by atoms with van der Waals surface area (Å²) in [5.41, 5.74) is 8.01. The second-order valence-corrected chi connectivity index (χ2v) is 23.1. The van der Waals surface area contributed by atoms with Crippen LogP contribution in [-0.4, -0.2) is 36.3 Å². The monoisotopic (exact) mass is 928 g/mol. The molecule has 0 radical (unpaired) electrons. The Hall–Kier alpha value is -2.70. The van der Waals surface area contributed by atoms with Crippen LogP contribution in [0, 0.1) is 6.92 Å². The van der Waals surface area contributed by atoms with E-state index in [1.54, 1.807) is 12.1 Å². The van der Waals surface area contributed by atoms with Crippen molar-refractivity contribution in [3.05, 3.63) is 77.0 Å². The minimum Gasteiger partial charge on any atom is -0.344 e. The van der Waals surface area contributed by atoms with Crippen molar-refractivity contribution in [3.63, 3.8) is 0 Å². The lowest BCUT2D eigenvalue weighted by Gasteiger charge is -2.27. The average Bonchev–Trinajstić information content (AvgIpc) is 3.62. The van der Waals surface area contributed by atoms with Gasteiger partial charge in [-0.3, -0.25) is 4.55 Å². The molecule has 0 saturated heterocycles. The first-order valence-corrected chi connectivity index (χ1v) is 29.3. The van der Waals surface area contributed by atoms with Crippen LogP contribution in [0.2, 0.25) is 0 Å². The number of rotatable bonds is 37. The summed E-state index contributed by atoms with van der Waals surface area (Å²) in [5, 5.41) is 0. The summed E-state index contributed by atoms with van der Waals surface area (Å²) in [4.78, 5) is 2.56. The second-order valence-electron chi connectivity index (χ2n) is 21.6. The van der Waals surface area contributed by atoms with Crippen molar-refractivity contribution in [2.45, 2.75) is 270 Å². The molecule has 0 atom stereocenters. The third-order valence-corrected chi connectivity index (χ3v) is 16.0. The lowest BCUT2D eigenvalue weighted by Crippen LogP contribution is -2.28. The van der Waals surface area contributed by atoms with Gasteiger partial charge in [0.05, 0.1) is 10.3 Å². The van der Waals surface area contributed by atoms with E-state index >= 15 is 0 Å². The molecule has 2 aromatic carbocycles. The Kier molecular flexibility index (Phi) is 25.4. The van der Waals surface area contributed by atoms with Gasteiger partial charge in [0.25, 0.3) is 10.1 Å². The van der Waals surface area contributed by atoms with Crippen LogP contribution in [0.1, 0.15) is 264 Å². The van der Waals surface area contributed by atoms with E-state index in [-0.39, 0.29) is 10.3 Å². The third-order valence-electron chi connectivity index (χ3n) is 15.2. The molecule has 0 amide bonds. The van der Waals surface area contributed by atoms with Crippen molar-refractivity contribution in [3.8, 4) is 0 Å².